The summed E-state index contributed by atoms with van der Waals surface area (Å²) in [7, 11) is 0. The van der Waals surface area contributed by atoms with E-state index in [-0.39, 0.29) is 17.8 Å². The summed E-state index contributed by atoms with van der Waals surface area (Å²) in [5.41, 5.74) is 0. The van der Waals surface area contributed by atoms with Crippen LogP contribution in [-0.2, 0) is 14.3 Å². The highest BCUT2D eigenvalue weighted by Crippen LogP contribution is 2.32. The third-order valence-corrected chi connectivity index (χ3v) is 3.81. The van der Waals surface area contributed by atoms with Crippen LogP contribution in [-0.4, -0.2) is 36.5 Å². The number of carbonyl (C=O) groups is 2. The summed E-state index contributed by atoms with van der Waals surface area (Å²) < 4.78 is 5.24. The van der Waals surface area contributed by atoms with E-state index in [0.717, 1.165) is 51.6 Å². The van der Waals surface area contributed by atoms with Crippen LogP contribution in [0.25, 0.3) is 0 Å². The Morgan fingerprint density at radius 1 is 1.11 bits per heavy atom. The molecule has 18 heavy (non-hydrogen) atoms. The first-order chi connectivity index (χ1) is 8.72. The number of rotatable bonds is 5. The first-order valence-corrected chi connectivity index (χ1v) is 7.17. The van der Waals surface area contributed by atoms with Crippen LogP contribution >= 0.6 is 0 Å². The first-order valence-electron chi connectivity index (χ1n) is 7.17. The molecule has 4 heteroatoms. The summed E-state index contributed by atoms with van der Waals surface area (Å²) in [5.74, 6) is 0.526. The van der Waals surface area contributed by atoms with Crippen LogP contribution in [0.1, 0.15) is 45.4 Å². The predicted molar refractivity (Wildman–Crippen MR) is 67.9 cm³/mol. The smallest absolute Gasteiger partial charge is 0.309 e. The largest absolute Gasteiger partial charge is 0.465 e. The minimum Gasteiger partial charge on any atom is -0.465 e. The van der Waals surface area contributed by atoms with Crippen molar-refractivity contribution in [3.05, 3.63) is 0 Å². The zero-order chi connectivity index (χ0) is 13.0. The molecule has 4 nitrogen and oxygen atoms in total. The van der Waals surface area contributed by atoms with Crippen molar-refractivity contribution in [3.8, 4) is 0 Å². The lowest BCUT2D eigenvalue weighted by atomic mass is 9.96. The number of unbranched alkanes of at least 4 members (excludes halogenated alkanes) is 1. The second-order valence-corrected chi connectivity index (χ2v) is 5.39. The Hall–Kier alpha value is -1.06. The summed E-state index contributed by atoms with van der Waals surface area (Å²) in [6, 6.07) is 0. The Morgan fingerprint density at radius 3 is 2.33 bits per heavy atom. The molecule has 0 aromatic rings. The van der Waals surface area contributed by atoms with Gasteiger partial charge in [-0.1, -0.05) is 13.3 Å². The van der Waals surface area contributed by atoms with Gasteiger partial charge in [-0.25, -0.2) is 0 Å². The van der Waals surface area contributed by atoms with Gasteiger partial charge in [-0.15, -0.1) is 0 Å². The monoisotopic (exact) mass is 253 g/mol. The van der Waals surface area contributed by atoms with Gasteiger partial charge >= 0.3 is 5.97 Å². The Morgan fingerprint density at radius 2 is 1.78 bits per heavy atom. The first kappa shape index (κ1) is 13.4. The van der Waals surface area contributed by atoms with Crippen LogP contribution in [0.3, 0.4) is 0 Å². The molecule has 2 fully saturated rings. The zero-order valence-electron chi connectivity index (χ0n) is 11.2. The molecule has 0 aromatic heterocycles. The fourth-order valence-electron chi connectivity index (χ4n) is 2.36. The molecule has 1 heterocycles. The summed E-state index contributed by atoms with van der Waals surface area (Å²) in [5, 5.41) is 0. The molecule has 2 aliphatic rings. The van der Waals surface area contributed by atoms with Crippen molar-refractivity contribution in [2.24, 2.45) is 11.8 Å². The number of hydrogen-bond donors (Lipinski definition) is 0. The number of amides is 1. The molecular formula is C14H23NO3. The van der Waals surface area contributed by atoms with Crippen molar-refractivity contribution in [3.63, 3.8) is 0 Å². The van der Waals surface area contributed by atoms with Crippen molar-refractivity contribution in [2.45, 2.75) is 45.4 Å². The Labute approximate surface area is 109 Å². The average Bonchev–Trinajstić information content (AvgIpc) is 3.22. The van der Waals surface area contributed by atoms with E-state index in [9.17, 15) is 9.59 Å². The van der Waals surface area contributed by atoms with E-state index in [1.807, 2.05) is 4.90 Å². The number of likely N-dealkylation sites (tertiary alicyclic amines) is 1. The van der Waals surface area contributed by atoms with Crippen molar-refractivity contribution in [1.82, 2.24) is 4.90 Å². The Balaban J connectivity index is 1.68. The van der Waals surface area contributed by atoms with Crippen LogP contribution in [0.15, 0.2) is 0 Å². The number of carbonyl (C=O) groups excluding carboxylic acids is 2. The van der Waals surface area contributed by atoms with E-state index < -0.39 is 0 Å². The minimum absolute atomic E-state index is 0.00473. The normalized spacial score (nSPS) is 20.8. The fraction of sp³-hybridized carbons (Fsp3) is 0.857. The lowest BCUT2D eigenvalue weighted by molar-refractivity contribution is -0.152. The molecule has 0 radical (unpaired) electrons. The highest BCUT2D eigenvalue weighted by Gasteiger charge is 2.36. The number of hydrogen-bond acceptors (Lipinski definition) is 3. The lowest BCUT2D eigenvalue weighted by Gasteiger charge is -2.31. The molecule has 0 atom stereocenters. The third-order valence-electron chi connectivity index (χ3n) is 3.81. The summed E-state index contributed by atoms with van der Waals surface area (Å²) >= 11 is 0. The van der Waals surface area contributed by atoms with Crippen LogP contribution in [0.4, 0.5) is 0 Å². The lowest BCUT2D eigenvalue weighted by Crippen LogP contribution is -2.41. The van der Waals surface area contributed by atoms with Gasteiger partial charge in [0.1, 0.15) is 0 Å². The van der Waals surface area contributed by atoms with Crippen molar-refractivity contribution in [2.75, 3.05) is 19.7 Å². The fourth-order valence-corrected chi connectivity index (χ4v) is 2.36. The number of piperidine rings is 1. The maximum Gasteiger partial charge on any atom is 0.309 e. The molecule has 1 aliphatic heterocycles. The average molecular weight is 253 g/mol. The van der Waals surface area contributed by atoms with Gasteiger partial charge in [0, 0.05) is 19.0 Å². The van der Waals surface area contributed by atoms with Crippen molar-refractivity contribution >= 4 is 11.9 Å². The summed E-state index contributed by atoms with van der Waals surface area (Å²) in [6.07, 6.45) is 5.62. The molecule has 0 unspecified atom stereocenters. The third kappa shape index (κ3) is 3.47. The Bertz CT molecular complexity index is 304. The maximum atomic E-state index is 11.9. The topological polar surface area (TPSA) is 46.6 Å². The molecule has 1 aliphatic carbocycles. The molecule has 0 spiro atoms. The second kappa shape index (κ2) is 6.21. The molecule has 0 aromatic carbocycles. The molecule has 0 N–H and O–H groups in total. The quantitative estimate of drug-likeness (QED) is 0.556. The zero-order valence-corrected chi connectivity index (χ0v) is 11.2. The van der Waals surface area contributed by atoms with Gasteiger partial charge in [0.25, 0.3) is 0 Å². The van der Waals surface area contributed by atoms with Crippen LogP contribution < -0.4 is 0 Å². The standard InChI is InChI=1S/C14H23NO3/c1-2-3-10-18-14(17)12-6-8-15(9-7-12)13(16)11-4-5-11/h11-12H,2-10H2,1H3. The second-order valence-electron chi connectivity index (χ2n) is 5.39. The van der Waals surface area contributed by atoms with Gasteiger partial charge in [0.2, 0.25) is 5.91 Å². The van der Waals surface area contributed by atoms with Gasteiger partial charge in [-0.2, -0.15) is 0 Å². The van der Waals surface area contributed by atoms with E-state index in [1.165, 1.54) is 0 Å². The summed E-state index contributed by atoms with van der Waals surface area (Å²) in [4.78, 5) is 25.6. The molecule has 1 amide bonds. The molecule has 0 bridgehead atoms. The number of nitrogens with zero attached hydrogens (tertiary/aromatic N) is 1. The number of ether oxygens (including phenoxy) is 1. The van der Waals surface area contributed by atoms with Crippen LogP contribution in [0, 0.1) is 11.8 Å². The van der Waals surface area contributed by atoms with Gasteiger partial charge in [0.15, 0.2) is 0 Å². The molecular weight excluding hydrogens is 230 g/mol. The van der Waals surface area contributed by atoms with Gasteiger partial charge in [0.05, 0.1) is 12.5 Å². The van der Waals surface area contributed by atoms with E-state index >= 15 is 0 Å². The minimum atomic E-state index is -0.0676. The van der Waals surface area contributed by atoms with Gasteiger partial charge in [-0.05, 0) is 32.1 Å². The highest BCUT2D eigenvalue weighted by atomic mass is 16.5. The van der Waals surface area contributed by atoms with Crippen LogP contribution in [0.5, 0.6) is 0 Å². The van der Waals surface area contributed by atoms with Gasteiger partial charge < -0.3 is 9.64 Å². The molecule has 102 valence electrons. The van der Waals surface area contributed by atoms with E-state index in [0.29, 0.717) is 12.5 Å². The van der Waals surface area contributed by atoms with E-state index in [2.05, 4.69) is 6.92 Å². The SMILES string of the molecule is CCCCOC(=O)C1CCN(C(=O)C2CC2)CC1. The molecule has 1 saturated heterocycles. The Kier molecular flexibility index (Phi) is 4.61. The van der Waals surface area contributed by atoms with Gasteiger partial charge in [-0.3, -0.25) is 9.59 Å². The predicted octanol–water partition coefficient (Wildman–Crippen LogP) is 1.98. The van der Waals surface area contributed by atoms with Crippen molar-refractivity contribution < 1.29 is 14.3 Å². The van der Waals surface area contributed by atoms with E-state index in [1.54, 1.807) is 0 Å². The summed E-state index contributed by atoms with van der Waals surface area (Å²) in [6.45, 7) is 4.07. The van der Waals surface area contributed by atoms with Crippen molar-refractivity contribution in [1.29, 1.82) is 0 Å². The number of esters is 1. The maximum absolute atomic E-state index is 11.9. The highest BCUT2D eigenvalue weighted by molar-refractivity contribution is 5.81. The van der Waals surface area contributed by atoms with E-state index in [4.69, 9.17) is 4.74 Å². The van der Waals surface area contributed by atoms with Crippen LogP contribution in [0.2, 0.25) is 0 Å². The molecule has 2 rings (SSSR count). The molecule has 1 saturated carbocycles.